The molecule has 0 bridgehead atoms. The Kier molecular flexibility index (Phi) is 5.09. The number of H-pyrrole nitrogens is 1. The van der Waals surface area contributed by atoms with Crippen LogP contribution >= 0.6 is 0 Å². The standard InChI is InChI=1S/C25H26N6O/c1-15-5-7-21-20(10-15)24(30-29-21)25(32)31-9-3-4-18(14-31)22-12-19(11-16(2)28-22)17-6-8-23(26)27-13-17/h5-8,10-13,18H,3-4,9,14H2,1-2H3,(H2,26,27)(H,29,30)/t18-/m0/s1. The Bertz CT molecular complexity index is 1290. The van der Waals surface area contributed by atoms with Crippen LogP contribution in [0.3, 0.4) is 0 Å². The van der Waals surface area contributed by atoms with Crippen LogP contribution in [0.2, 0.25) is 0 Å². The van der Waals surface area contributed by atoms with E-state index in [1.807, 2.05) is 49.1 Å². The van der Waals surface area contributed by atoms with Crippen molar-refractivity contribution in [3.05, 3.63) is 71.3 Å². The van der Waals surface area contributed by atoms with Crippen molar-refractivity contribution in [3.8, 4) is 11.1 Å². The summed E-state index contributed by atoms with van der Waals surface area (Å²) in [7, 11) is 0. The fourth-order valence-electron chi connectivity index (χ4n) is 4.49. The molecule has 7 heteroatoms. The lowest BCUT2D eigenvalue weighted by Crippen LogP contribution is -2.39. The van der Waals surface area contributed by atoms with Crippen LogP contribution in [0.15, 0.2) is 48.7 Å². The number of nitrogen functional groups attached to an aromatic ring is 1. The highest BCUT2D eigenvalue weighted by Gasteiger charge is 2.29. The molecular weight excluding hydrogens is 400 g/mol. The van der Waals surface area contributed by atoms with E-state index in [0.717, 1.165) is 58.4 Å². The first-order chi connectivity index (χ1) is 15.5. The maximum Gasteiger partial charge on any atom is 0.275 e. The zero-order valence-electron chi connectivity index (χ0n) is 18.3. The number of piperidine rings is 1. The Labute approximate surface area is 186 Å². The Morgan fingerprint density at radius 3 is 2.81 bits per heavy atom. The van der Waals surface area contributed by atoms with E-state index in [1.165, 1.54) is 0 Å². The minimum Gasteiger partial charge on any atom is -0.384 e. The number of aryl methyl sites for hydroxylation is 2. The van der Waals surface area contributed by atoms with Gasteiger partial charge in [-0.3, -0.25) is 14.9 Å². The lowest BCUT2D eigenvalue weighted by molar-refractivity contribution is 0.0702. The number of likely N-dealkylation sites (tertiary alicyclic amines) is 1. The number of nitrogens with one attached hydrogen (secondary N) is 1. The SMILES string of the molecule is Cc1ccc2[nH]nc(C(=O)N3CCC[C@H](c4cc(-c5ccc(N)nc5)cc(C)n4)C3)c2c1. The van der Waals surface area contributed by atoms with Crippen molar-refractivity contribution >= 4 is 22.6 Å². The van der Waals surface area contributed by atoms with Gasteiger partial charge in [-0.2, -0.15) is 5.10 Å². The summed E-state index contributed by atoms with van der Waals surface area (Å²) >= 11 is 0. The van der Waals surface area contributed by atoms with Gasteiger partial charge in [0.1, 0.15) is 5.82 Å². The van der Waals surface area contributed by atoms with Crippen LogP contribution < -0.4 is 5.73 Å². The second-order valence-electron chi connectivity index (χ2n) is 8.61. The third-order valence-corrected chi connectivity index (χ3v) is 6.14. The second-order valence-corrected chi connectivity index (χ2v) is 8.61. The minimum atomic E-state index is -0.0258. The quantitative estimate of drug-likeness (QED) is 0.510. The van der Waals surface area contributed by atoms with Crippen molar-refractivity contribution in [1.82, 2.24) is 25.1 Å². The van der Waals surface area contributed by atoms with Gasteiger partial charge in [-0.25, -0.2) is 4.98 Å². The highest BCUT2D eigenvalue weighted by atomic mass is 16.2. The van der Waals surface area contributed by atoms with Crippen molar-refractivity contribution < 1.29 is 4.79 Å². The van der Waals surface area contributed by atoms with E-state index in [2.05, 4.69) is 27.3 Å². The number of aromatic amines is 1. The van der Waals surface area contributed by atoms with E-state index in [1.54, 1.807) is 6.20 Å². The van der Waals surface area contributed by atoms with E-state index in [-0.39, 0.29) is 11.8 Å². The first kappa shape index (κ1) is 20.2. The van der Waals surface area contributed by atoms with Gasteiger partial charge in [0.25, 0.3) is 5.91 Å². The third kappa shape index (κ3) is 3.82. The fourth-order valence-corrected chi connectivity index (χ4v) is 4.49. The number of pyridine rings is 2. The van der Waals surface area contributed by atoms with Crippen molar-refractivity contribution in [2.24, 2.45) is 0 Å². The van der Waals surface area contributed by atoms with Crippen molar-refractivity contribution in [1.29, 1.82) is 0 Å². The molecule has 1 fully saturated rings. The predicted octanol–water partition coefficient (Wildman–Crippen LogP) is 4.24. The summed E-state index contributed by atoms with van der Waals surface area (Å²) in [5.74, 6) is 0.657. The predicted molar refractivity (Wildman–Crippen MR) is 125 cm³/mol. The molecule has 1 aromatic carbocycles. The summed E-state index contributed by atoms with van der Waals surface area (Å²) in [5, 5.41) is 8.20. The van der Waals surface area contributed by atoms with E-state index >= 15 is 0 Å². The molecule has 3 N–H and O–H groups in total. The molecule has 5 rings (SSSR count). The molecule has 162 valence electrons. The molecule has 0 radical (unpaired) electrons. The van der Waals surface area contributed by atoms with Gasteiger partial charge in [-0.15, -0.1) is 0 Å². The molecule has 0 saturated carbocycles. The Morgan fingerprint density at radius 1 is 1.12 bits per heavy atom. The van der Waals surface area contributed by atoms with Gasteiger partial charge < -0.3 is 10.6 Å². The smallest absolute Gasteiger partial charge is 0.275 e. The highest BCUT2D eigenvalue weighted by Crippen LogP contribution is 2.31. The van der Waals surface area contributed by atoms with Crippen LogP contribution in [-0.2, 0) is 0 Å². The van der Waals surface area contributed by atoms with Crippen LogP contribution in [0, 0.1) is 13.8 Å². The third-order valence-electron chi connectivity index (χ3n) is 6.14. The molecule has 0 spiro atoms. The summed E-state index contributed by atoms with van der Waals surface area (Å²) < 4.78 is 0. The second kappa shape index (κ2) is 8.07. The summed E-state index contributed by atoms with van der Waals surface area (Å²) in [4.78, 5) is 24.3. The van der Waals surface area contributed by atoms with Gasteiger partial charge in [0.15, 0.2) is 5.69 Å². The number of hydrogen-bond donors (Lipinski definition) is 2. The van der Waals surface area contributed by atoms with Gasteiger partial charge in [0.2, 0.25) is 0 Å². The Balaban J connectivity index is 1.42. The van der Waals surface area contributed by atoms with E-state index < -0.39 is 0 Å². The van der Waals surface area contributed by atoms with Gasteiger partial charge in [-0.1, -0.05) is 11.6 Å². The molecule has 1 aliphatic heterocycles. The minimum absolute atomic E-state index is 0.0258. The molecule has 1 aliphatic rings. The number of amides is 1. The summed E-state index contributed by atoms with van der Waals surface area (Å²) in [6, 6.07) is 14.0. The van der Waals surface area contributed by atoms with Crippen LogP contribution in [-0.4, -0.2) is 44.1 Å². The van der Waals surface area contributed by atoms with Crippen molar-refractivity contribution in [2.45, 2.75) is 32.6 Å². The number of fused-ring (bicyclic) bond motifs is 1. The molecule has 1 saturated heterocycles. The maximum atomic E-state index is 13.4. The fraction of sp³-hybridized carbons (Fsp3) is 0.280. The van der Waals surface area contributed by atoms with Crippen LogP contribution in [0.4, 0.5) is 5.82 Å². The number of hydrogen-bond acceptors (Lipinski definition) is 5. The molecular formula is C25H26N6O. The molecule has 0 aliphatic carbocycles. The van der Waals surface area contributed by atoms with E-state index in [0.29, 0.717) is 18.1 Å². The Morgan fingerprint density at radius 2 is 2.00 bits per heavy atom. The molecule has 0 unspecified atom stereocenters. The number of anilines is 1. The summed E-state index contributed by atoms with van der Waals surface area (Å²) in [5.41, 5.74) is 12.3. The average Bonchev–Trinajstić information content (AvgIpc) is 3.21. The van der Waals surface area contributed by atoms with Crippen molar-refractivity contribution in [3.63, 3.8) is 0 Å². The van der Waals surface area contributed by atoms with E-state index in [4.69, 9.17) is 10.7 Å². The molecule has 32 heavy (non-hydrogen) atoms. The zero-order chi connectivity index (χ0) is 22.2. The van der Waals surface area contributed by atoms with E-state index in [9.17, 15) is 4.79 Å². The number of carbonyl (C=O) groups is 1. The summed E-state index contributed by atoms with van der Waals surface area (Å²) in [6.45, 7) is 5.39. The van der Waals surface area contributed by atoms with Gasteiger partial charge in [0.05, 0.1) is 5.52 Å². The maximum absolute atomic E-state index is 13.4. The Hall–Kier alpha value is -3.74. The topological polar surface area (TPSA) is 101 Å². The van der Waals surface area contributed by atoms with Crippen LogP contribution in [0.25, 0.3) is 22.0 Å². The number of carbonyl (C=O) groups excluding carboxylic acids is 1. The normalized spacial score (nSPS) is 16.4. The number of nitrogens with zero attached hydrogens (tertiary/aromatic N) is 4. The lowest BCUT2D eigenvalue weighted by Gasteiger charge is -2.32. The number of nitrogens with two attached hydrogens (primary N) is 1. The van der Waals surface area contributed by atoms with Gasteiger partial charge >= 0.3 is 0 Å². The van der Waals surface area contributed by atoms with Crippen molar-refractivity contribution in [2.75, 3.05) is 18.8 Å². The van der Waals surface area contributed by atoms with Gasteiger partial charge in [-0.05, 0) is 68.7 Å². The summed E-state index contributed by atoms with van der Waals surface area (Å²) in [6.07, 6.45) is 3.72. The molecule has 1 atom stereocenters. The van der Waals surface area contributed by atoms with Crippen LogP contribution in [0.5, 0.6) is 0 Å². The zero-order valence-corrected chi connectivity index (χ0v) is 18.3. The van der Waals surface area contributed by atoms with Crippen LogP contribution in [0.1, 0.15) is 46.2 Å². The number of rotatable bonds is 3. The first-order valence-electron chi connectivity index (χ1n) is 10.9. The number of aromatic nitrogens is 4. The lowest BCUT2D eigenvalue weighted by atomic mass is 9.92. The van der Waals surface area contributed by atoms with Gasteiger partial charge in [0, 0.05) is 47.5 Å². The average molecular weight is 427 g/mol. The number of benzene rings is 1. The molecule has 1 amide bonds. The molecule has 4 heterocycles. The highest BCUT2D eigenvalue weighted by molar-refractivity contribution is 6.04. The largest absolute Gasteiger partial charge is 0.384 e. The molecule has 7 nitrogen and oxygen atoms in total. The monoisotopic (exact) mass is 426 g/mol. The molecule has 4 aromatic rings. The first-order valence-corrected chi connectivity index (χ1v) is 10.9. The molecule has 3 aromatic heterocycles.